The smallest absolute Gasteiger partial charge is 0.241 e. The maximum Gasteiger partial charge on any atom is 0.241 e. The van der Waals surface area contributed by atoms with Crippen molar-refractivity contribution in [2.24, 2.45) is 5.92 Å². The van der Waals surface area contributed by atoms with Gasteiger partial charge < -0.3 is 9.26 Å². The lowest BCUT2D eigenvalue weighted by Crippen LogP contribution is -2.46. The number of methoxy groups -OCH3 is 1. The molecule has 0 bridgehead atoms. The van der Waals surface area contributed by atoms with E-state index in [1.54, 1.807) is 7.11 Å². The summed E-state index contributed by atoms with van der Waals surface area (Å²) in [5.41, 5.74) is 0.929. The number of piperidine rings is 1. The Kier molecular flexibility index (Phi) is 4.52. The second kappa shape index (κ2) is 6.93. The molecule has 0 spiro atoms. The fourth-order valence-electron chi connectivity index (χ4n) is 4.30. The fraction of sp³-hybridized carbons (Fsp3) is 0.579. The standard InChI is InChI=1S/C19H25N3O2/c1-23-16-9-4-7-15(12-16)19-20-18(24-21-19)13-22-11-5-8-14-6-2-3-10-17(14)22/h4,7,9,12,14,17H,2-3,5-6,8,10-11,13H2,1H3. The van der Waals surface area contributed by atoms with Gasteiger partial charge in [0.25, 0.3) is 0 Å². The molecule has 2 aromatic rings. The van der Waals surface area contributed by atoms with Crippen LogP contribution in [0, 0.1) is 5.92 Å². The summed E-state index contributed by atoms with van der Waals surface area (Å²) >= 11 is 0. The van der Waals surface area contributed by atoms with Crippen molar-refractivity contribution in [2.45, 2.75) is 51.1 Å². The van der Waals surface area contributed by atoms with E-state index in [-0.39, 0.29) is 0 Å². The highest BCUT2D eigenvalue weighted by molar-refractivity contribution is 5.56. The van der Waals surface area contributed by atoms with Crippen molar-refractivity contribution >= 4 is 0 Å². The number of aromatic nitrogens is 2. The highest BCUT2D eigenvalue weighted by Crippen LogP contribution is 2.36. The quantitative estimate of drug-likeness (QED) is 0.852. The van der Waals surface area contributed by atoms with Crippen LogP contribution in [0.4, 0.5) is 0 Å². The number of rotatable bonds is 4. The molecule has 1 aliphatic carbocycles. The van der Waals surface area contributed by atoms with E-state index in [1.807, 2.05) is 24.3 Å². The van der Waals surface area contributed by atoms with E-state index in [4.69, 9.17) is 9.26 Å². The van der Waals surface area contributed by atoms with E-state index >= 15 is 0 Å². The minimum atomic E-state index is 0.640. The fourth-order valence-corrected chi connectivity index (χ4v) is 4.30. The Labute approximate surface area is 143 Å². The van der Waals surface area contributed by atoms with Gasteiger partial charge >= 0.3 is 0 Å². The molecule has 0 amide bonds. The first-order valence-electron chi connectivity index (χ1n) is 9.04. The Hall–Kier alpha value is -1.88. The third-order valence-corrected chi connectivity index (χ3v) is 5.49. The molecule has 0 N–H and O–H groups in total. The molecular formula is C19H25N3O2. The van der Waals surface area contributed by atoms with Gasteiger partial charge in [0.1, 0.15) is 5.75 Å². The number of fused-ring (bicyclic) bond motifs is 1. The first-order chi connectivity index (χ1) is 11.8. The molecule has 1 aliphatic heterocycles. The summed E-state index contributed by atoms with van der Waals surface area (Å²) in [6, 6.07) is 8.49. The lowest BCUT2D eigenvalue weighted by atomic mass is 9.78. The highest BCUT2D eigenvalue weighted by atomic mass is 16.5. The van der Waals surface area contributed by atoms with Crippen molar-refractivity contribution in [3.8, 4) is 17.1 Å². The zero-order valence-electron chi connectivity index (χ0n) is 14.3. The Morgan fingerprint density at radius 1 is 1.21 bits per heavy atom. The summed E-state index contributed by atoms with van der Waals surface area (Å²) in [6.07, 6.45) is 8.14. The lowest BCUT2D eigenvalue weighted by Gasteiger charge is -2.43. The van der Waals surface area contributed by atoms with E-state index in [0.717, 1.165) is 36.2 Å². The van der Waals surface area contributed by atoms with Gasteiger partial charge in [0, 0.05) is 11.6 Å². The van der Waals surface area contributed by atoms with Gasteiger partial charge in [-0.25, -0.2) is 0 Å². The van der Waals surface area contributed by atoms with Crippen molar-refractivity contribution in [1.29, 1.82) is 0 Å². The van der Waals surface area contributed by atoms with Crippen LogP contribution in [-0.2, 0) is 6.54 Å². The zero-order valence-corrected chi connectivity index (χ0v) is 14.3. The van der Waals surface area contributed by atoms with Gasteiger partial charge in [-0.2, -0.15) is 4.98 Å². The number of ether oxygens (including phenoxy) is 1. The molecular weight excluding hydrogens is 302 g/mol. The third kappa shape index (κ3) is 3.18. The molecule has 2 aliphatic rings. The molecule has 2 atom stereocenters. The van der Waals surface area contributed by atoms with E-state index in [9.17, 15) is 0 Å². The van der Waals surface area contributed by atoms with Gasteiger partial charge in [0.05, 0.1) is 13.7 Å². The van der Waals surface area contributed by atoms with E-state index in [1.165, 1.54) is 38.5 Å². The Balaban J connectivity index is 1.48. The first-order valence-corrected chi connectivity index (χ1v) is 9.04. The van der Waals surface area contributed by atoms with E-state index < -0.39 is 0 Å². The van der Waals surface area contributed by atoms with Crippen LogP contribution in [0.5, 0.6) is 5.75 Å². The summed E-state index contributed by atoms with van der Waals surface area (Å²) in [5.74, 6) is 3.04. The van der Waals surface area contributed by atoms with Crippen molar-refractivity contribution in [2.75, 3.05) is 13.7 Å². The van der Waals surface area contributed by atoms with Crippen molar-refractivity contribution in [1.82, 2.24) is 15.0 Å². The SMILES string of the molecule is COc1cccc(-c2noc(CN3CCCC4CCCCC43)n2)c1. The second-order valence-corrected chi connectivity index (χ2v) is 6.97. The minimum Gasteiger partial charge on any atom is -0.497 e. The Morgan fingerprint density at radius 2 is 2.08 bits per heavy atom. The monoisotopic (exact) mass is 327 g/mol. The number of nitrogens with zero attached hydrogens (tertiary/aromatic N) is 3. The van der Waals surface area contributed by atoms with Gasteiger partial charge in [-0.15, -0.1) is 0 Å². The van der Waals surface area contributed by atoms with Crippen LogP contribution >= 0.6 is 0 Å². The topological polar surface area (TPSA) is 51.4 Å². The first kappa shape index (κ1) is 15.6. The summed E-state index contributed by atoms with van der Waals surface area (Å²) in [4.78, 5) is 7.18. The molecule has 128 valence electrons. The molecule has 5 heteroatoms. The largest absolute Gasteiger partial charge is 0.497 e. The Morgan fingerprint density at radius 3 is 3.00 bits per heavy atom. The number of likely N-dealkylation sites (tertiary alicyclic amines) is 1. The second-order valence-electron chi connectivity index (χ2n) is 6.97. The van der Waals surface area contributed by atoms with Gasteiger partial charge in [-0.1, -0.05) is 30.1 Å². The van der Waals surface area contributed by atoms with Crippen LogP contribution in [0.25, 0.3) is 11.4 Å². The van der Waals surface area contributed by atoms with Gasteiger partial charge in [0.2, 0.25) is 11.7 Å². The van der Waals surface area contributed by atoms with Gasteiger partial charge in [-0.3, -0.25) is 4.90 Å². The maximum atomic E-state index is 5.53. The zero-order chi connectivity index (χ0) is 16.4. The van der Waals surface area contributed by atoms with E-state index in [0.29, 0.717) is 11.9 Å². The van der Waals surface area contributed by atoms with Crippen LogP contribution < -0.4 is 4.74 Å². The minimum absolute atomic E-state index is 0.640. The van der Waals surface area contributed by atoms with Crippen LogP contribution in [-0.4, -0.2) is 34.7 Å². The average Bonchev–Trinajstić information content (AvgIpc) is 3.11. The molecule has 1 aromatic carbocycles. The van der Waals surface area contributed by atoms with Crippen LogP contribution in [0.3, 0.4) is 0 Å². The van der Waals surface area contributed by atoms with Crippen LogP contribution in [0.2, 0.25) is 0 Å². The molecule has 1 saturated heterocycles. The van der Waals surface area contributed by atoms with Crippen LogP contribution in [0.15, 0.2) is 28.8 Å². The molecule has 2 heterocycles. The summed E-state index contributed by atoms with van der Waals surface area (Å²) < 4.78 is 10.8. The number of benzene rings is 1. The molecule has 5 nitrogen and oxygen atoms in total. The number of hydrogen-bond acceptors (Lipinski definition) is 5. The Bertz CT molecular complexity index is 683. The summed E-state index contributed by atoms with van der Waals surface area (Å²) in [5, 5.41) is 4.16. The van der Waals surface area contributed by atoms with Crippen molar-refractivity contribution < 1.29 is 9.26 Å². The third-order valence-electron chi connectivity index (χ3n) is 5.49. The maximum absolute atomic E-state index is 5.53. The molecule has 4 rings (SSSR count). The molecule has 24 heavy (non-hydrogen) atoms. The lowest BCUT2D eigenvalue weighted by molar-refractivity contribution is 0.0466. The summed E-state index contributed by atoms with van der Waals surface area (Å²) in [6.45, 7) is 1.93. The highest BCUT2D eigenvalue weighted by Gasteiger charge is 2.33. The molecule has 0 radical (unpaired) electrons. The molecule has 1 saturated carbocycles. The predicted octanol–water partition coefficient (Wildman–Crippen LogP) is 3.90. The normalized spacial score (nSPS) is 24.5. The van der Waals surface area contributed by atoms with Crippen molar-refractivity contribution in [3.63, 3.8) is 0 Å². The predicted molar refractivity (Wildman–Crippen MR) is 91.7 cm³/mol. The van der Waals surface area contributed by atoms with Crippen LogP contribution in [0.1, 0.15) is 44.4 Å². The van der Waals surface area contributed by atoms with Crippen molar-refractivity contribution in [3.05, 3.63) is 30.2 Å². The number of hydrogen-bond donors (Lipinski definition) is 0. The average molecular weight is 327 g/mol. The molecule has 1 aromatic heterocycles. The van der Waals surface area contributed by atoms with E-state index in [2.05, 4.69) is 15.0 Å². The van der Waals surface area contributed by atoms with Gasteiger partial charge in [-0.05, 0) is 50.3 Å². The van der Waals surface area contributed by atoms with Gasteiger partial charge in [0.15, 0.2) is 0 Å². The molecule has 2 fully saturated rings. The molecule has 2 unspecified atom stereocenters. The summed E-state index contributed by atoms with van der Waals surface area (Å²) in [7, 11) is 1.66.